The number of nitrogens with one attached hydrogen (secondary N) is 1. The lowest BCUT2D eigenvalue weighted by molar-refractivity contribution is 0.209. The fourth-order valence-corrected chi connectivity index (χ4v) is 2.28. The van der Waals surface area contributed by atoms with Gasteiger partial charge in [-0.2, -0.15) is 13.5 Å². The molecule has 1 saturated heterocycles. The van der Waals surface area contributed by atoms with Crippen molar-refractivity contribution in [1.29, 1.82) is 0 Å². The summed E-state index contributed by atoms with van der Waals surface area (Å²) in [7, 11) is -3.56. The maximum Gasteiger partial charge on any atom is 0.276 e. The van der Waals surface area contributed by atoms with Crippen LogP contribution in [0.3, 0.4) is 0 Å². The van der Waals surface area contributed by atoms with E-state index in [9.17, 15) is 8.42 Å². The molecule has 1 aromatic carbocycles. The molecule has 0 unspecified atom stereocenters. The fraction of sp³-hybridized carbons (Fsp3) is 0.364. The standard InChI is InChI=1S/C11H14N2O3S/c1-9-2-4-11(5-3-9)17(14,15)13-12-10-6-7-16-8-10/h2-5,13H,6-8H2,1H3/b12-10-. The van der Waals surface area contributed by atoms with Crippen molar-refractivity contribution >= 4 is 15.7 Å². The minimum Gasteiger partial charge on any atom is -0.375 e. The van der Waals surface area contributed by atoms with Crippen LogP contribution < -0.4 is 4.83 Å². The molecule has 1 fully saturated rings. The van der Waals surface area contributed by atoms with Crippen LogP contribution in [0.5, 0.6) is 0 Å². The zero-order valence-corrected chi connectivity index (χ0v) is 10.3. The number of sulfonamides is 1. The quantitative estimate of drug-likeness (QED) is 0.820. The largest absolute Gasteiger partial charge is 0.375 e. The zero-order valence-electron chi connectivity index (χ0n) is 9.51. The van der Waals surface area contributed by atoms with Crippen molar-refractivity contribution in [2.75, 3.05) is 13.2 Å². The molecule has 0 aromatic heterocycles. The lowest BCUT2D eigenvalue weighted by atomic mass is 10.2. The number of hydrogen-bond donors (Lipinski definition) is 1. The Hall–Kier alpha value is -1.40. The van der Waals surface area contributed by atoms with E-state index in [1.54, 1.807) is 24.3 Å². The Bertz CT molecular complexity index is 512. The predicted octanol–water partition coefficient (Wildman–Crippen LogP) is 1.05. The summed E-state index contributed by atoms with van der Waals surface area (Å²) < 4.78 is 28.8. The number of hydrogen-bond acceptors (Lipinski definition) is 4. The lowest BCUT2D eigenvalue weighted by Crippen LogP contribution is -2.20. The molecule has 2 rings (SSSR count). The van der Waals surface area contributed by atoms with E-state index in [4.69, 9.17) is 4.74 Å². The van der Waals surface area contributed by atoms with Crippen LogP contribution in [-0.2, 0) is 14.8 Å². The van der Waals surface area contributed by atoms with E-state index in [0.717, 1.165) is 11.3 Å². The second kappa shape index (κ2) is 4.85. The molecule has 5 nitrogen and oxygen atoms in total. The second-order valence-corrected chi connectivity index (χ2v) is 5.55. The van der Waals surface area contributed by atoms with Crippen LogP contribution in [0.2, 0.25) is 0 Å². The maximum atomic E-state index is 11.8. The van der Waals surface area contributed by atoms with Gasteiger partial charge in [0.1, 0.15) is 0 Å². The monoisotopic (exact) mass is 254 g/mol. The van der Waals surface area contributed by atoms with E-state index in [1.807, 2.05) is 6.92 Å². The molecule has 0 radical (unpaired) electrons. The van der Waals surface area contributed by atoms with Gasteiger partial charge in [-0.3, -0.25) is 0 Å². The van der Waals surface area contributed by atoms with Crippen molar-refractivity contribution in [3.63, 3.8) is 0 Å². The van der Waals surface area contributed by atoms with Gasteiger partial charge >= 0.3 is 0 Å². The SMILES string of the molecule is Cc1ccc(S(=O)(=O)N/N=C2/CCOC2)cc1. The first-order valence-corrected chi connectivity index (χ1v) is 6.78. The van der Waals surface area contributed by atoms with Crippen molar-refractivity contribution in [2.24, 2.45) is 5.10 Å². The minimum absolute atomic E-state index is 0.214. The molecule has 1 aliphatic rings. The summed E-state index contributed by atoms with van der Waals surface area (Å²) in [6.45, 7) is 2.90. The van der Waals surface area contributed by atoms with Gasteiger partial charge in [0, 0.05) is 6.42 Å². The number of ether oxygens (including phenoxy) is 1. The Labute approximate surface area is 101 Å². The van der Waals surface area contributed by atoms with E-state index in [2.05, 4.69) is 9.93 Å². The molecule has 1 aliphatic heterocycles. The molecule has 0 saturated carbocycles. The van der Waals surface area contributed by atoms with Gasteiger partial charge in [-0.15, -0.1) is 0 Å². The van der Waals surface area contributed by atoms with E-state index >= 15 is 0 Å². The van der Waals surface area contributed by atoms with Crippen molar-refractivity contribution in [3.05, 3.63) is 29.8 Å². The number of rotatable bonds is 3. The molecular formula is C11H14N2O3S. The third-order valence-corrected chi connectivity index (χ3v) is 3.68. The first kappa shape index (κ1) is 12.1. The normalized spacial score (nSPS) is 18.5. The highest BCUT2D eigenvalue weighted by molar-refractivity contribution is 7.89. The fourth-order valence-electron chi connectivity index (χ4n) is 1.44. The Balaban J connectivity index is 2.13. The molecule has 1 heterocycles. The molecule has 1 aromatic rings. The van der Waals surface area contributed by atoms with Gasteiger partial charge in [0.15, 0.2) is 0 Å². The Kier molecular flexibility index (Phi) is 3.44. The second-order valence-electron chi connectivity index (χ2n) is 3.89. The Morgan fingerprint density at radius 3 is 2.59 bits per heavy atom. The van der Waals surface area contributed by atoms with Gasteiger partial charge < -0.3 is 4.74 Å². The van der Waals surface area contributed by atoms with Crippen molar-refractivity contribution < 1.29 is 13.2 Å². The number of hydrazone groups is 1. The Morgan fingerprint density at radius 2 is 2.00 bits per heavy atom. The van der Waals surface area contributed by atoms with E-state index < -0.39 is 10.0 Å². The first-order chi connectivity index (χ1) is 8.08. The average Bonchev–Trinajstić information content (AvgIpc) is 2.80. The molecule has 17 heavy (non-hydrogen) atoms. The highest BCUT2D eigenvalue weighted by Crippen LogP contribution is 2.10. The molecular weight excluding hydrogens is 240 g/mol. The van der Waals surface area contributed by atoms with Gasteiger partial charge in [-0.25, -0.2) is 4.83 Å². The van der Waals surface area contributed by atoms with E-state index in [0.29, 0.717) is 19.6 Å². The summed E-state index contributed by atoms with van der Waals surface area (Å²) in [4.78, 5) is 2.43. The van der Waals surface area contributed by atoms with E-state index in [1.165, 1.54) is 0 Å². The lowest BCUT2D eigenvalue weighted by Gasteiger charge is -2.04. The van der Waals surface area contributed by atoms with E-state index in [-0.39, 0.29) is 4.90 Å². The minimum atomic E-state index is -3.56. The van der Waals surface area contributed by atoms with Gasteiger partial charge in [-0.1, -0.05) is 17.7 Å². The zero-order chi connectivity index (χ0) is 12.3. The average molecular weight is 254 g/mol. The van der Waals surface area contributed by atoms with Gasteiger partial charge in [-0.05, 0) is 19.1 Å². The molecule has 0 bridgehead atoms. The van der Waals surface area contributed by atoms with Crippen LogP contribution in [0.25, 0.3) is 0 Å². The highest BCUT2D eigenvalue weighted by Gasteiger charge is 2.14. The summed E-state index contributed by atoms with van der Waals surface area (Å²) in [5.74, 6) is 0. The summed E-state index contributed by atoms with van der Waals surface area (Å²) in [5, 5.41) is 3.85. The predicted molar refractivity (Wildman–Crippen MR) is 64.4 cm³/mol. The topological polar surface area (TPSA) is 67.8 Å². The molecule has 0 amide bonds. The smallest absolute Gasteiger partial charge is 0.276 e. The van der Waals surface area contributed by atoms with Crippen molar-refractivity contribution in [2.45, 2.75) is 18.2 Å². The van der Waals surface area contributed by atoms with Crippen LogP contribution in [0, 0.1) is 6.92 Å². The maximum absolute atomic E-state index is 11.8. The summed E-state index contributed by atoms with van der Waals surface area (Å²) in [5.41, 5.74) is 1.74. The van der Waals surface area contributed by atoms with Gasteiger partial charge in [0.2, 0.25) is 0 Å². The summed E-state index contributed by atoms with van der Waals surface area (Å²) >= 11 is 0. The molecule has 6 heteroatoms. The van der Waals surface area contributed by atoms with Gasteiger partial charge in [0.25, 0.3) is 10.0 Å². The van der Waals surface area contributed by atoms with Crippen molar-refractivity contribution in [1.82, 2.24) is 4.83 Å². The van der Waals surface area contributed by atoms with Crippen LogP contribution in [0.15, 0.2) is 34.3 Å². The van der Waals surface area contributed by atoms with Crippen LogP contribution in [-0.4, -0.2) is 27.3 Å². The Morgan fingerprint density at radius 1 is 1.29 bits per heavy atom. The summed E-state index contributed by atoms with van der Waals surface area (Å²) in [6, 6.07) is 6.62. The summed E-state index contributed by atoms with van der Waals surface area (Å²) in [6.07, 6.45) is 0.677. The molecule has 0 aliphatic carbocycles. The van der Waals surface area contributed by atoms with Crippen LogP contribution in [0.4, 0.5) is 0 Å². The number of nitrogens with zero attached hydrogens (tertiary/aromatic N) is 1. The van der Waals surface area contributed by atoms with Gasteiger partial charge in [0.05, 0.1) is 23.8 Å². The van der Waals surface area contributed by atoms with Crippen molar-refractivity contribution in [3.8, 4) is 0 Å². The molecule has 92 valence electrons. The number of benzene rings is 1. The number of aryl methyl sites for hydroxylation is 1. The third kappa shape index (κ3) is 3.04. The third-order valence-electron chi connectivity index (χ3n) is 2.46. The van der Waals surface area contributed by atoms with Crippen LogP contribution in [0.1, 0.15) is 12.0 Å². The molecule has 1 N–H and O–H groups in total. The van der Waals surface area contributed by atoms with Crippen LogP contribution >= 0.6 is 0 Å². The molecule has 0 atom stereocenters. The highest BCUT2D eigenvalue weighted by atomic mass is 32.2. The molecule has 0 spiro atoms. The first-order valence-electron chi connectivity index (χ1n) is 5.29.